The third-order valence-electron chi connectivity index (χ3n) is 5.36. The number of carbonyl (C=O) groups excluding carboxylic acids is 1. The molecule has 8 heteroatoms. The Balaban J connectivity index is 1.43. The van der Waals surface area contributed by atoms with Crippen molar-refractivity contribution >= 4 is 55.6 Å². The molecule has 0 radical (unpaired) electrons. The molecule has 1 aliphatic heterocycles. The second-order valence-corrected chi connectivity index (χ2v) is 9.97. The molecule has 0 saturated carbocycles. The minimum atomic E-state index is -3.82. The monoisotopic (exact) mass is 462 g/mol. The number of piperidine rings is 1. The molecule has 5 nitrogen and oxygen atoms in total. The molecule has 0 spiro atoms. The molecular weight excluding hydrogens is 443 g/mol. The van der Waals surface area contributed by atoms with Crippen molar-refractivity contribution in [2.24, 2.45) is 5.92 Å². The maximum Gasteiger partial charge on any atom is 0.246 e. The van der Waals surface area contributed by atoms with Gasteiger partial charge < -0.3 is 5.32 Å². The normalized spacial score (nSPS) is 15.9. The number of halogens is 2. The summed E-state index contributed by atoms with van der Waals surface area (Å²) >= 11 is 12.2. The summed E-state index contributed by atoms with van der Waals surface area (Å²) in [7, 11) is -3.82. The minimum absolute atomic E-state index is 0.0765. The average Bonchev–Trinajstić information content (AvgIpc) is 2.73. The van der Waals surface area contributed by atoms with Gasteiger partial charge in [-0.2, -0.15) is 4.31 Å². The Kier molecular flexibility index (Phi) is 6.02. The highest BCUT2D eigenvalue weighted by Gasteiger charge is 2.34. The van der Waals surface area contributed by atoms with Gasteiger partial charge >= 0.3 is 0 Å². The smallest absolute Gasteiger partial charge is 0.246 e. The summed E-state index contributed by atoms with van der Waals surface area (Å²) in [6.45, 7) is 0.472. The zero-order valence-electron chi connectivity index (χ0n) is 16.0. The van der Waals surface area contributed by atoms with Crippen LogP contribution in [0.3, 0.4) is 0 Å². The van der Waals surface area contributed by atoms with E-state index in [9.17, 15) is 13.2 Å². The van der Waals surface area contributed by atoms with Gasteiger partial charge in [-0.25, -0.2) is 8.42 Å². The standard InChI is InChI=1S/C22H20Cl2N2O3S/c23-19-6-3-7-20(24)21(19)30(28,29)26-12-10-16(11-13-26)22(27)25-18-9-8-15-4-1-2-5-17(15)14-18/h1-9,14,16H,10-13H2,(H,25,27). The molecular formula is C22H20Cl2N2O3S. The Morgan fingerprint density at radius 2 is 1.53 bits per heavy atom. The molecule has 1 amide bonds. The number of fused-ring (bicyclic) bond motifs is 1. The van der Waals surface area contributed by atoms with Gasteiger partial charge in [-0.05, 0) is 47.9 Å². The first-order valence-electron chi connectivity index (χ1n) is 9.60. The zero-order valence-corrected chi connectivity index (χ0v) is 18.3. The van der Waals surface area contributed by atoms with E-state index >= 15 is 0 Å². The molecule has 4 rings (SSSR count). The highest BCUT2D eigenvalue weighted by molar-refractivity contribution is 7.89. The Hall–Kier alpha value is -2.12. The summed E-state index contributed by atoms with van der Waals surface area (Å²) in [4.78, 5) is 12.6. The molecule has 3 aromatic rings. The number of hydrogen-bond donors (Lipinski definition) is 1. The van der Waals surface area contributed by atoms with E-state index in [-0.39, 0.29) is 39.9 Å². The molecule has 1 aliphatic rings. The van der Waals surface area contributed by atoms with Crippen LogP contribution in [0.2, 0.25) is 10.0 Å². The van der Waals surface area contributed by atoms with E-state index in [2.05, 4.69) is 5.32 Å². The number of hydrogen-bond acceptors (Lipinski definition) is 3. The second-order valence-electron chi connectivity index (χ2n) is 7.28. The quantitative estimate of drug-likeness (QED) is 0.580. The van der Waals surface area contributed by atoms with E-state index in [1.807, 2.05) is 42.5 Å². The Morgan fingerprint density at radius 1 is 0.900 bits per heavy atom. The second kappa shape index (κ2) is 8.55. The highest BCUT2D eigenvalue weighted by atomic mass is 35.5. The van der Waals surface area contributed by atoms with Gasteiger partial charge in [0.2, 0.25) is 15.9 Å². The number of rotatable bonds is 4. The maximum atomic E-state index is 13.0. The summed E-state index contributed by atoms with van der Waals surface area (Å²) in [5, 5.41) is 5.30. The first kappa shape index (κ1) is 21.1. The van der Waals surface area contributed by atoms with Crippen LogP contribution < -0.4 is 5.32 Å². The third-order valence-corrected chi connectivity index (χ3v) is 8.21. The van der Waals surface area contributed by atoms with E-state index in [0.29, 0.717) is 12.8 Å². The van der Waals surface area contributed by atoms with Crippen LogP contribution in [0.4, 0.5) is 5.69 Å². The number of carbonyl (C=O) groups is 1. The molecule has 3 aromatic carbocycles. The SMILES string of the molecule is O=C(Nc1ccc2ccccc2c1)C1CCN(S(=O)(=O)c2c(Cl)cccc2Cl)CC1. The van der Waals surface area contributed by atoms with E-state index in [0.717, 1.165) is 16.5 Å². The van der Waals surface area contributed by atoms with E-state index < -0.39 is 10.0 Å². The van der Waals surface area contributed by atoms with Crippen molar-refractivity contribution in [3.8, 4) is 0 Å². The number of nitrogens with one attached hydrogen (secondary N) is 1. The Morgan fingerprint density at radius 3 is 2.20 bits per heavy atom. The van der Waals surface area contributed by atoms with Crippen LogP contribution in [0.1, 0.15) is 12.8 Å². The molecule has 1 saturated heterocycles. The lowest BCUT2D eigenvalue weighted by Crippen LogP contribution is -2.41. The fourth-order valence-corrected chi connectivity index (χ4v) is 6.29. The van der Waals surface area contributed by atoms with Gasteiger partial charge in [-0.15, -0.1) is 0 Å². The van der Waals surface area contributed by atoms with Gasteiger partial charge in [-0.3, -0.25) is 4.79 Å². The fraction of sp³-hybridized carbons (Fsp3) is 0.227. The van der Waals surface area contributed by atoms with Crippen LogP contribution in [0, 0.1) is 5.92 Å². The molecule has 0 unspecified atom stereocenters. The van der Waals surface area contributed by atoms with E-state index in [1.54, 1.807) is 6.07 Å². The largest absolute Gasteiger partial charge is 0.326 e. The predicted molar refractivity (Wildman–Crippen MR) is 121 cm³/mol. The zero-order chi connectivity index (χ0) is 21.3. The van der Waals surface area contributed by atoms with Crippen LogP contribution in [0.5, 0.6) is 0 Å². The van der Waals surface area contributed by atoms with Gasteiger partial charge in [0.15, 0.2) is 0 Å². The lowest BCUT2D eigenvalue weighted by molar-refractivity contribution is -0.120. The minimum Gasteiger partial charge on any atom is -0.326 e. The van der Waals surface area contributed by atoms with Crippen molar-refractivity contribution in [2.75, 3.05) is 18.4 Å². The van der Waals surface area contributed by atoms with Gasteiger partial charge in [-0.1, -0.05) is 59.6 Å². The topological polar surface area (TPSA) is 66.5 Å². The molecule has 0 aliphatic carbocycles. The lowest BCUT2D eigenvalue weighted by Gasteiger charge is -2.31. The first-order valence-corrected chi connectivity index (χ1v) is 11.8. The molecule has 1 N–H and O–H groups in total. The predicted octanol–water partition coefficient (Wildman–Crippen LogP) is 5.19. The van der Waals surface area contributed by atoms with Crippen LogP contribution in [-0.2, 0) is 14.8 Å². The number of amides is 1. The van der Waals surface area contributed by atoms with Crippen molar-refractivity contribution in [2.45, 2.75) is 17.7 Å². The average molecular weight is 463 g/mol. The Labute approximate surface area is 185 Å². The van der Waals surface area contributed by atoms with Crippen LogP contribution in [0.15, 0.2) is 65.6 Å². The Bertz CT molecular complexity index is 1190. The van der Waals surface area contributed by atoms with Crippen molar-refractivity contribution in [1.82, 2.24) is 4.31 Å². The summed E-state index contributed by atoms with van der Waals surface area (Å²) in [5.74, 6) is -0.359. The van der Waals surface area contributed by atoms with Crippen LogP contribution >= 0.6 is 23.2 Å². The number of sulfonamides is 1. The summed E-state index contributed by atoms with van der Waals surface area (Å²) in [6, 6.07) is 18.3. The summed E-state index contributed by atoms with van der Waals surface area (Å²) in [6.07, 6.45) is 0.863. The van der Waals surface area contributed by atoms with Crippen LogP contribution in [0.25, 0.3) is 10.8 Å². The molecule has 1 fully saturated rings. The molecule has 0 atom stereocenters. The third kappa shape index (κ3) is 4.18. The summed E-state index contributed by atoms with van der Waals surface area (Å²) in [5.41, 5.74) is 0.733. The van der Waals surface area contributed by atoms with Crippen molar-refractivity contribution < 1.29 is 13.2 Å². The molecule has 156 valence electrons. The van der Waals surface area contributed by atoms with Crippen molar-refractivity contribution in [3.63, 3.8) is 0 Å². The summed E-state index contributed by atoms with van der Waals surface area (Å²) < 4.78 is 27.3. The maximum absolute atomic E-state index is 13.0. The van der Waals surface area contributed by atoms with Gasteiger partial charge in [0.25, 0.3) is 0 Å². The van der Waals surface area contributed by atoms with Crippen molar-refractivity contribution in [3.05, 3.63) is 70.7 Å². The van der Waals surface area contributed by atoms with E-state index in [4.69, 9.17) is 23.2 Å². The number of anilines is 1. The van der Waals surface area contributed by atoms with Gasteiger partial charge in [0, 0.05) is 24.7 Å². The lowest BCUT2D eigenvalue weighted by atomic mass is 9.97. The molecule has 30 heavy (non-hydrogen) atoms. The molecule has 0 aromatic heterocycles. The van der Waals surface area contributed by atoms with Gasteiger partial charge in [0.05, 0.1) is 10.0 Å². The van der Waals surface area contributed by atoms with Gasteiger partial charge in [0.1, 0.15) is 4.90 Å². The number of benzene rings is 3. The first-order chi connectivity index (χ1) is 14.4. The fourth-order valence-electron chi connectivity index (χ4n) is 3.73. The van der Waals surface area contributed by atoms with Crippen LogP contribution in [-0.4, -0.2) is 31.7 Å². The van der Waals surface area contributed by atoms with E-state index in [1.165, 1.54) is 16.4 Å². The highest BCUT2D eigenvalue weighted by Crippen LogP contribution is 2.33. The van der Waals surface area contributed by atoms with Crippen molar-refractivity contribution in [1.29, 1.82) is 0 Å². The number of nitrogens with zero attached hydrogens (tertiary/aromatic N) is 1. The molecule has 1 heterocycles. The molecule has 0 bridgehead atoms.